The lowest BCUT2D eigenvalue weighted by Crippen LogP contribution is -2.64. The van der Waals surface area contributed by atoms with E-state index in [1.807, 2.05) is 0 Å². The summed E-state index contributed by atoms with van der Waals surface area (Å²) in [6.07, 6.45) is 6.87. The Kier molecular flexibility index (Phi) is 5.96. The number of carbonyl (C=O) groups is 2. The highest BCUT2D eigenvalue weighted by Gasteiger charge is 2.42. The number of hydrogen-bond acceptors (Lipinski definition) is 4. The van der Waals surface area contributed by atoms with Crippen molar-refractivity contribution in [2.45, 2.75) is 64.1 Å². The zero-order valence-corrected chi connectivity index (χ0v) is 17.0. The van der Waals surface area contributed by atoms with Gasteiger partial charge in [0.05, 0.1) is 29.0 Å². The molecule has 27 heavy (non-hydrogen) atoms. The van der Waals surface area contributed by atoms with Crippen LogP contribution in [0.2, 0.25) is 5.02 Å². The molecule has 2 amide bonds. The molecule has 2 heterocycles. The summed E-state index contributed by atoms with van der Waals surface area (Å²) in [5.74, 6) is -0.0610. The van der Waals surface area contributed by atoms with Crippen LogP contribution in [0.5, 0.6) is 5.75 Å². The molecule has 148 valence electrons. The van der Waals surface area contributed by atoms with Gasteiger partial charge in [-0.25, -0.2) is 0 Å². The molecule has 2 fully saturated rings. The predicted octanol–water partition coefficient (Wildman–Crippen LogP) is 3.79. The minimum atomic E-state index is -0.367. The molecule has 2 atom stereocenters. The van der Waals surface area contributed by atoms with Gasteiger partial charge in [0.25, 0.3) is 5.91 Å². The molecule has 2 saturated heterocycles. The maximum absolute atomic E-state index is 13.1. The van der Waals surface area contributed by atoms with Crippen molar-refractivity contribution in [3.05, 3.63) is 22.7 Å². The molecule has 0 aliphatic carbocycles. The Labute approximate surface area is 165 Å². The fourth-order valence-corrected chi connectivity index (χ4v) is 4.62. The minimum Gasteiger partial charge on any atom is -0.496 e. The fourth-order valence-electron chi connectivity index (χ4n) is 4.41. The average Bonchev–Trinajstić information content (AvgIpc) is 2.63. The van der Waals surface area contributed by atoms with Crippen LogP contribution in [0.1, 0.15) is 62.7 Å². The molecule has 0 radical (unpaired) electrons. The minimum absolute atomic E-state index is 0.211. The molecule has 0 aromatic heterocycles. The smallest absolute Gasteiger partial charge is 0.256 e. The van der Waals surface area contributed by atoms with Crippen LogP contribution in [0.3, 0.4) is 0 Å². The van der Waals surface area contributed by atoms with Crippen molar-refractivity contribution < 1.29 is 14.3 Å². The van der Waals surface area contributed by atoms with Gasteiger partial charge in [0.2, 0.25) is 5.91 Å². The molecule has 2 N–H and O–H groups in total. The van der Waals surface area contributed by atoms with E-state index < -0.39 is 0 Å². The SMILES string of the molecule is COc1cc(NC(C)=O)c(Cl)cc1C(=O)NC1(C)CCCC2CCCCN21. The summed E-state index contributed by atoms with van der Waals surface area (Å²) in [5, 5.41) is 6.19. The van der Waals surface area contributed by atoms with E-state index in [4.69, 9.17) is 16.3 Å². The number of nitrogens with zero attached hydrogens (tertiary/aromatic N) is 1. The van der Waals surface area contributed by atoms with Crippen LogP contribution in [0.4, 0.5) is 5.69 Å². The Morgan fingerprint density at radius 3 is 2.70 bits per heavy atom. The van der Waals surface area contributed by atoms with Crippen LogP contribution in [0, 0.1) is 0 Å². The second-order valence-electron chi connectivity index (χ2n) is 7.68. The quantitative estimate of drug-likeness (QED) is 0.816. The molecule has 6 nitrogen and oxygen atoms in total. The van der Waals surface area contributed by atoms with E-state index in [0.29, 0.717) is 28.1 Å². The Morgan fingerprint density at radius 2 is 2.00 bits per heavy atom. The van der Waals surface area contributed by atoms with E-state index in [1.54, 1.807) is 12.1 Å². The molecule has 0 saturated carbocycles. The van der Waals surface area contributed by atoms with Crippen molar-refractivity contribution in [3.8, 4) is 5.75 Å². The highest BCUT2D eigenvalue weighted by atomic mass is 35.5. The lowest BCUT2D eigenvalue weighted by Gasteiger charge is -2.52. The molecule has 1 aromatic carbocycles. The van der Waals surface area contributed by atoms with Gasteiger partial charge in [0, 0.05) is 25.6 Å². The van der Waals surface area contributed by atoms with Crippen molar-refractivity contribution in [3.63, 3.8) is 0 Å². The summed E-state index contributed by atoms with van der Waals surface area (Å²) in [4.78, 5) is 26.9. The number of carbonyl (C=O) groups excluding carboxylic acids is 2. The predicted molar refractivity (Wildman–Crippen MR) is 106 cm³/mol. The summed E-state index contributed by atoms with van der Waals surface area (Å²) in [6, 6.07) is 3.69. The number of piperidine rings is 2. The van der Waals surface area contributed by atoms with Crippen LogP contribution in [-0.4, -0.2) is 42.1 Å². The lowest BCUT2D eigenvalue weighted by molar-refractivity contribution is -0.114. The summed E-state index contributed by atoms with van der Waals surface area (Å²) in [6.45, 7) is 4.53. The van der Waals surface area contributed by atoms with E-state index in [1.165, 1.54) is 39.7 Å². The third-order valence-electron chi connectivity index (χ3n) is 5.69. The second-order valence-corrected chi connectivity index (χ2v) is 8.08. The van der Waals surface area contributed by atoms with E-state index in [-0.39, 0.29) is 17.5 Å². The fraction of sp³-hybridized carbons (Fsp3) is 0.600. The molecular weight excluding hydrogens is 366 g/mol. The van der Waals surface area contributed by atoms with Crippen LogP contribution >= 0.6 is 11.6 Å². The Hall–Kier alpha value is -1.79. The normalized spacial score (nSPS) is 25.4. The van der Waals surface area contributed by atoms with Gasteiger partial charge in [-0.3, -0.25) is 14.5 Å². The van der Waals surface area contributed by atoms with Gasteiger partial charge in [-0.1, -0.05) is 18.0 Å². The Morgan fingerprint density at radius 1 is 1.26 bits per heavy atom. The van der Waals surface area contributed by atoms with Crippen molar-refractivity contribution in [2.75, 3.05) is 19.0 Å². The number of amides is 2. The Balaban J connectivity index is 1.84. The zero-order valence-electron chi connectivity index (χ0n) is 16.2. The molecular formula is C20H28ClN3O3. The molecule has 1 aromatic rings. The summed E-state index contributed by atoms with van der Waals surface area (Å²) >= 11 is 6.27. The molecule has 2 unspecified atom stereocenters. The Bertz CT molecular complexity index is 737. The van der Waals surface area contributed by atoms with Gasteiger partial charge in [0.15, 0.2) is 0 Å². The highest BCUT2D eigenvalue weighted by molar-refractivity contribution is 6.34. The van der Waals surface area contributed by atoms with E-state index in [9.17, 15) is 9.59 Å². The summed E-state index contributed by atoms with van der Waals surface area (Å²) < 4.78 is 5.39. The topological polar surface area (TPSA) is 70.7 Å². The number of rotatable bonds is 4. The molecule has 7 heteroatoms. The molecule has 3 rings (SSSR count). The largest absolute Gasteiger partial charge is 0.496 e. The monoisotopic (exact) mass is 393 g/mol. The standard InChI is InChI=1S/C20H28ClN3O3/c1-13(25)22-17-12-18(27-3)15(11-16(17)21)19(26)23-20(2)9-6-8-14-7-4-5-10-24(14)20/h11-12,14H,4-10H2,1-3H3,(H,22,25)(H,23,26). The first kappa shape index (κ1) is 20.0. The number of fused-ring (bicyclic) bond motifs is 1. The van der Waals surface area contributed by atoms with Crippen molar-refractivity contribution in [2.24, 2.45) is 0 Å². The first-order valence-corrected chi connectivity index (χ1v) is 9.96. The third-order valence-corrected chi connectivity index (χ3v) is 6.00. The number of benzene rings is 1. The summed E-state index contributed by atoms with van der Waals surface area (Å²) in [7, 11) is 1.50. The first-order chi connectivity index (χ1) is 12.8. The molecule has 2 aliphatic rings. The maximum atomic E-state index is 13.1. The number of methoxy groups -OCH3 is 1. The van der Waals surface area contributed by atoms with Gasteiger partial charge >= 0.3 is 0 Å². The first-order valence-electron chi connectivity index (χ1n) is 9.58. The molecule has 0 spiro atoms. The van der Waals surface area contributed by atoms with Gasteiger partial charge in [-0.2, -0.15) is 0 Å². The average molecular weight is 394 g/mol. The van der Waals surface area contributed by atoms with Crippen molar-refractivity contribution in [1.82, 2.24) is 10.2 Å². The number of nitrogens with one attached hydrogen (secondary N) is 2. The number of halogens is 1. The van der Waals surface area contributed by atoms with E-state index >= 15 is 0 Å². The second kappa shape index (κ2) is 8.07. The third kappa shape index (κ3) is 4.22. The maximum Gasteiger partial charge on any atom is 0.256 e. The van der Waals surface area contributed by atoms with Crippen LogP contribution < -0.4 is 15.4 Å². The van der Waals surface area contributed by atoms with E-state index in [2.05, 4.69) is 22.5 Å². The van der Waals surface area contributed by atoms with Gasteiger partial charge in [0.1, 0.15) is 5.75 Å². The van der Waals surface area contributed by atoms with Crippen molar-refractivity contribution >= 4 is 29.1 Å². The molecule has 0 bridgehead atoms. The van der Waals surface area contributed by atoms with Gasteiger partial charge < -0.3 is 15.4 Å². The van der Waals surface area contributed by atoms with Crippen LogP contribution in [0.15, 0.2) is 12.1 Å². The zero-order chi connectivity index (χ0) is 19.6. The molecule has 2 aliphatic heterocycles. The summed E-state index contributed by atoms with van der Waals surface area (Å²) in [5.41, 5.74) is 0.434. The number of ether oxygens (including phenoxy) is 1. The van der Waals surface area contributed by atoms with E-state index in [0.717, 1.165) is 19.4 Å². The van der Waals surface area contributed by atoms with Gasteiger partial charge in [-0.05, 0) is 45.1 Å². The number of anilines is 1. The van der Waals surface area contributed by atoms with Crippen LogP contribution in [-0.2, 0) is 4.79 Å². The van der Waals surface area contributed by atoms with Crippen LogP contribution in [0.25, 0.3) is 0 Å². The lowest BCUT2D eigenvalue weighted by atomic mass is 9.85. The highest BCUT2D eigenvalue weighted by Crippen LogP contribution is 2.36. The number of hydrogen-bond donors (Lipinski definition) is 2. The van der Waals surface area contributed by atoms with Crippen molar-refractivity contribution in [1.29, 1.82) is 0 Å². The van der Waals surface area contributed by atoms with Gasteiger partial charge in [-0.15, -0.1) is 0 Å².